The number of hydrogen-bond donors (Lipinski definition) is 1. The Hall–Kier alpha value is -1.05. The standard InChI is InChI=1S/C6H5FN/c7-5-2-1-3-6(8)4-5/h1-3H,8H2. The molecule has 2 heteroatoms. The van der Waals surface area contributed by atoms with Gasteiger partial charge in [0.05, 0.1) is 0 Å². The van der Waals surface area contributed by atoms with E-state index in [2.05, 4.69) is 6.07 Å². The molecule has 41 valence electrons. The molecule has 1 nitrogen and oxygen atoms in total. The molecule has 0 aromatic heterocycles. The molecule has 0 fully saturated rings. The Kier molecular flexibility index (Phi) is 1.16. The van der Waals surface area contributed by atoms with Crippen LogP contribution in [0.4, 0.5) is 10.1 Å². The summed E-state index contributed by atoms with van der Waals surface area (Å²) in [5, 5.41) is 0. The van der Waals surface area contributed by atoms with E-state index in [1.54, 1.807) is 12.1 Å². The highest BCUT2D eigenvalue weighted by Crippen LogP contribution is 2.01. The third-order valence-electron chi connectivity index (χ3n) is 0.782. The fraction of sp³-hybridized carbons (Fsp3) is 0. The van der Waals surface area contributed by atoms with E-state index in [0.717, 1.165) is 0 Å². The van der Waals surface area contributed by atoms with Crippen molar-refractivity contribution in [3.8, 4) is 0 Å². The first-order valence-electron chi connectivity index (χ1n) is 2.22. The third kappa shape index (κ3) is 0.964. The summed E-state index contributed by atoms with van der Waals surface area (Å²) < 4.78 is 12.0. The van der Waals surface area contributed by atoms with Crippen LogP contribution >= 0.6 is 0 Å². The lowest BCUT2D eigenvalue weighted by atomic mass is 10.3. The second-order valence-electron chi connectivity index (χ2n) is 1.45. The van der Waals surface area contributed by atoms with Gasteiger partial charge in [0.1, 0.15) is 5.82 Å². The Labute approximate surface area is 46.9 Å². The normalized spacial score (nSPS) is 9.12. The molecule has 0 heterocycles. The zero-order valence-electron chi connectivity index (χ0n) is 4.19. The molecule has 0 aliphatic carbocycles. The summed E-state index contributed by atoms with van der Waals surface area (Å²) in [7, 11) is 0. The zero-order chi connectivity index (χ0) is 5.98. The van der Waals surface area contributed by atoms with Crippen LogP contribution in [0.2, 0.25) is 0 Å². The van der Waals surface area contributed by atoms with Gasteiger partial charge in [-0.25, -0.2) is 4.39 Å². The summed E-state index contributed by atoms with van der Waals surface area (Å²) in [6.07, 6.45) is 0. The lowest BCUT2D eigenvalue weighted by Gasteiger charge is -1.87. The van der Waals surface area contributed by atoms with Crippen LogP contribution in [0.1, 0.15) is 0 Å². The highest BCUT2D eigenvalue weighted by Gasteiger charge is 1.86. The number of nitrogens with two attached hydrogens (primary N) is 1. The van der Waals surface area contributed by atoms with Gasteiger partial charge < -0.3 is 5.73 Å². The number of nitrogen functional groups attached to an aromatic ring is 1. The van der Waals surface area contributed by atoms with Gasteiger partial charge in [-0.15, -0.1) is 0 Å². The monoisotopic (exact) mass is 110 g/mol. The summed E-state index contributed by atoms with van der Waals surface area (Å²) in [5.41, 5.74) is 5.50. The van der Waals surface area contributed by atoms with E-state index < -0.39 is 5.82 Å². The highest BCUT2D eigenvalue weighted by molar-refractivity contribution is 5.35. The predicted molar refractivity (Wildman–Crippen MR) is 29.6 cm³/mol. The predicted octanol–water partition coefficient (Wildman–Crippen LogP) is 1.21. The molecule has 0 saturated carbocycles. The summed E-state index contributed by atoms with van der Waals surface area (Å²) in [5.74, 6) is -0.412. The smallest absolute Gasteiger partial charge is 0.133 e. The highest BCUT2D eigenvalue weighted by atomic mass is 19.1. The molecule has 0 unspecified atom stereocenters. The second kappa shape index (κ2) is 1.82. The lowest BCUT2D eigenvalue weighted by Crippen LogP contribution is -1.84. The van der Waals surface area contributed by atoms with Crippen LogP contribution in [0.15, 0.2) is 18.2 Å². The molecular formula is C6H5FN. The molecule has 0 amide bonds. The molecule has 8 heavy (non-hydrogen) atoms. The number of benzene rings is 1. The summed E-state index contributed by atoms with van der Waals surface area (Å²) in [4.78, 5) is 0. The molecule has 0 aliphatic heterocycles. The first kappa shape index (κ1) is 5.09. The van der Waals surface area contributed by atoms with E-state index in [9.17, 15) is 4.39 Å². The van der Waals surface area contributed by atoms with E-state index in [1.165, 1.54) is 6.07 Å². The van der Waals surface area contributed by atoms with Crippen molar-refractivity contribution in [3.05, 3.63) is 30.1 Å². The van der Waals surface area contributed by atoms with Gasteiger partial charge in [-0.2, -0.15) is 0 Å². The fourth-order valence-corrected chi connectivity index (χ4v) is 0.457. The maximum Gasteiger partial charge on any atom is 0.133 e. The molecule has 0 aliphatic rings. The van der Waals surface area contributed by atoms with Crippen LogP contribution < -0.4 is 5.73 Å². The molecule has 1 rings (SSSR count). The van der Waals surface area contributed by atoms with Gasteiger partial charge in [-0.05, 0) is 12.1 Å². The minimum Gasteiger partial charge on any atom is -0.398 e. The van der Waals surface area contributed by atoms with Crippen molar-refractivity contribution in [1.29, 1.82) is 0 Å². The summed E-state index contributed by atoms with van der Waals surface area (Å²) >= 11 is 0. The summed E-state index contributed by atoms with van der Waals surface area (Å²) in [6, 6.07) is 6.71. The molecule has 2 N–H and O–H groups in total. The first-order valence-corrected chi connectivity index (χ1v) is 2.22. The number of anilines is 1. The van der Waals surface area contributed by atoms with Gasteiger partial charge in [-0.1, -0.05) is 6.07 Å². The Morgan fingerprint density at radius 2 is 2.25 bits per heavy atom. The van der Waals surface area contributed by atoms with Crippen LogP contribution in [0.25, 0.3) is 0 Å². The van der Waals surface area contributed by atoms with Crippen LogP contribution in [0.5, 0.6) is 0 Å². The molecule has 0 atom stereocenters. The van der Waals surface area contributed by atoms with E-state index in [1.807, 2.05) is 0 Å². The van der Waals surface area contributed by atoms with E-state index in [-0.39, 0.29) is 0 Å². The van der Waals surface area contributed by atoms with Crippen molar-refractivity contribution in [2.45, 2.75) is 0 Å². The van der Waals surface area contributed by atoms with Crippen LogP contribution in [0.3, 0.4) is 0 Å². The quantitative estimate of drug-likeness (QED) is 0.499. The molecule has 0 spiro atoms. The number of rotatable bonds is 0. The minimum atomic E-state index is -0.412. The van der Waals surface area contributed by atoms with Gasteiger partial charge in [0, 0.05) is 11.8 Å². The van der Waals surface area contributed by atoms with Crippen LogP contribution in [0, 0.1) is 11.9 Å². The van der Waals surface area contributed by atoms with E-state index in [4.69, 9.17) is 5.73 Å². The van der Waals surface area contributed by atoms with Crippen molar-refractivity contribution in [3.63, 3.8) is 0 Å². The largest absolute Gasteiger partial charge is 0.398 e. The Balaban J connectivity index is 3.08. The Morgan fingerprint density at radius 3 is 2.62 bits per heavy atom. The van der Waals surface area contributed by atoms with Gasteiger partial charge >= 0.3 is 0 Å². The van der Waals surface area contributed by atoms with Crippen LogP contribution in [-0.2, 0) is 0 Å². The van der Waals surface area contributed by atoms with Crippen LogP contribution in [-0.4, -0.2) is 0 Å². The van der Waals surface area contributed by atoms with Crippen molar-refractivity contribution >= 4 is 5.69 Å². The maximum atomic E-state index is 12.0. The molecule has 1 radical (unpaired) electrons. The maximum absolute atomic E-state index is 12.0. The average Bonchev–Trinajstić information content (AvgIpc) is 1.64. The molecule has 0 bridgehead atoms. The van der Waals surface area contributed by atoms with Crippen molar-refractivity contribution in [1.82, 2.24) is 0 Å². The van der Waals surface area contributed by atoms with E-state index >= 15 is 0 Å². The molecule has 1 aromatic carbocycles. The van der Waals surface area contributed by atoms with Crippen molar-refractivity contribution < 1.29 is 4.39 Å². The van der Waals surface area contributed by atoms with E-state index in [0.29, 0.717) is 5.69 Å². The molecule has 1 aromatic rings. The number of hydrogen-bond acceptors (Lipinski definition) is 1. The molecule has 0 saturated heterocycles. The fourth-order valence-electron chi connectivity index (χ4n) is 0.457. The van der Waals surface area contributed by atoms with Gasteiger partial charge in [0.25, 0.3) is 0 Å². The number of halogens is 1. The van der Waals surface area contributed by atoms with Crippen molar-refractivity contribution in [2.24, 2.45) is 0 Å². The van der Waals surface area contributed by atoms with Gasteiger partial charge in [0.15, 0.2) is 0 Å². The lowest BCUT2D eigenvalue weighted by molar-refractivity contribution is 0.626. The third-order valence-corrected chi connectivity index (χ3v) is 0.782. The second-order valence-corrected chi connectivity index (χ2v) is 1.45. The SMILES string of the molecule is Nc1[c]c(F)ccc1. The Bertz CT molecular complexity index is 168. The minimum absolute atomic E-state index is 0.338. The zero-order valence-corrected chi connectivity index (χ0v) is 4.19. The average molecular weight is 110 g/mol. The van der Waals surface area contributed by atoms with Gasteiger partial charge in [0.2, 0.25) is 0 Å². The van der Waals surface area contributed by atoms with Gasteiger partial charge in [-0.3, -0.25) is 0 Å². The topological polar surface area (TPSA) is 26.0 Å². The Morgan fingerprint density at radius 1 is 1.50 bits per heavy atom. The molecular weight excluding hydrogens is 105 g/mol. The first-order chi connectivity index (χ1) is 3.79. The van der Waals surface area contributed by atoms with Crippen molar-refractivity contribution in [2.75, 3.05) is 5.73 Å². The summed E-state index contributed by atoms with van der Waals surface area (Å²) in [6.45, 7) is 0.